The zero-order valence-corrected chi connectivity index (χ0v) is 13.0. The van der Waals surface area contributed by atoms with Gasteiger partial charge >= 0.3 is 6.18 Å². The highest BCUT2D eigenvalue weighted by Gasteiger charge is 2.30. The summed E-state index contributed by atoms with van der Waals surface area (Å²) < 4.78 is 37.7. The number of hydrogen-bond acceptors (Lipinski definition) is 2. The van der Waals surface area contributed by atoms with Gasteiger partial charge in [-0.25, -0.2) is 0 Å². The van der Waals surface area contributed by atoms with Crippen LogP contribution < -0.4 is 0 Å². The number of carbonyl (C=O) groups excluding carboxylic acids is 1. The molecule has 0 aromatic heterocycles. The van der Waals surface area contributed by atoms with Gasteiger partial charge in [-0.1, -0.05) is 30.3 Å². The monoisotopic (exact) mass is 337 g/mol. The van der Waals surface area contributed by atoms with E-state index in [2.05, 4.69) is 0 Å². The van der Waals surface area contributed by atoms with Crippen molar-refractivity contribution in [1.82, 2.24) is 4.90 Å². The van der Waals surface area contributed by atoms with E-state index in [1.165, 1.54) is 4.90 Å². The number of alkyl halides is 3. The molecule has 24 heavy (non-hydrogen) atoms. The molecular formula is C18H18F3NO2. The number of rotatable bonds is 6. The van der Waals surface area contributed by atoms with Gasteiger partial charge in [0.2, 0.25) is 0 Å². The molecule has 1 N–H and O–H groups in total. The van der Waals surface area contributed by atoms with Gasteiger partial charge in [0.05, 0.1) is 12.2 Å². The molecule has 0 bridgehead atoms. The molecule has 0 heterocycles. The molecule has 0 unspecified atom stereocenters. The Kier molecular flexibility index (Phi) is 5.98. The molecular weight excluding hydrogens is 319 g/mol. The first-order chi connectivity index (χ1) is 11.4. The van der Waals surface area contributed by atoms with Crippen molar-refractivity contribution in [2.24, 2.45) is 0 Å². The first kappa shape index (κ1) is 18.0. The quantitative estimate of drug-likeness (QED) is 0.878. The van der Waals surface area contributed by atoms with Gasteiger partial charge in [-0.05, 0) is 36.2 Å². The van der Waals surface area contributed by atoms with Gasteiger partial charge in [-0.3, -0.25) is 4.79 Å². The van der Waals surface area contributed by atoms with Crippen molar-refractivity contribution in [3.63, 3.8) is 0 Å². The van der Waals surface area contributed by atoms with E-state index in [9.17, 15) is 18.0 Å². The summed E-state index contributed by atoms with van der Waals surface area (Å²) in [6.45, 7) is 0.304. The maximum atomic E-state index is 12.6. The van der Waals surface area contributed by atoms with Crippen LogP contribution in [-0.2, 0) is 12.6 Å². The van der Waals surface area contributed by atoms with Crippen LogP contribution in [0.3, 0.4) is 0 Å². The highest BCUT2D eigenvalue weighted by Crippen LogP contribution is 2.29. The third-order valence-electron chi connectivity index (χ3n) is 3.63. The molecule has 0 spiro atoms. The second kappa shape index (κ2) is 7.97. The fourth-order valence-corrected chi connectivity index (χ4v) is 2.33. The van der Waals surface area contributed by atoms with Crippen molar-refractivity contribution in [2.75, 3.05) is 19.7 Å². The lowest BCUT2D eigenvalue weighted by molar-refractivity contribution is -0.137. The molecule has 0 aliphatic carbocycles. The van der Waals surface area contributed by atoms with E-state index in [0.717, 1.165) is 29.8 Å². The Bertz CT molecular complexity index is 654. The van der Waals surface area contributed by atoms with Gasteiger partial charge in [0.25, 0.3) is 5.91 Å². The van der Waals surface area contributed by atoms with Gasteiger partial charge in [-0.15, -0.1) is 0 Å². The average molecular weight is 337 g/mol. The second-order valence-electron chi connectivity index (χ2n) is 5.33. The molecule has 0 atom stereocenters. The van der Waals surface area contributed by atoms with Gasteiger partial charge in [0.1, 0.15) is 0 Å². The van der Waals surface area contributed by atoms with Crippen LogP contribution in [-0.4, -0.2) is 35.6 Å². The number of amides is 1. The summed E-state index contributed by atoms with van der Waals surface area (Å²) in [4.78, 5) is 13.9. The van der Waals surface area contributed by atoms with Crippen molar-refractivity contribution >= 4 is 5.91 Å². The Morgan fingerprint density at radius 3 is 2.12 bits per heavy atom. The van der Waals surface area contributed by atoms with Crippen LogP contribution >= 0.6 is 0 Å². The summed E-state index contributed by atoms with van der Waals surface area (Å²) in [5, 5.41) is 9.14. The normalized spacial score (nSPS) is 11.3. The van der Waals surface area contributed by atoms with E-state index in [1.807, 2.05) is 30.3 Å². The molecule has 3 nitrogen and oxygen atoms in total. The number of aliphatic hydroxyl groups excluding tert-OH is 1. The predicted octanol–water partition coefficient (Wildman–Crippen LogP) is 3.38. The molecule has 6 heteroatoms. The number of carbonyl (C=O) groups is 1. The van der Waals surface area contributed by atoms with Crippen molar-refractivity contribution in [3.8, 4) is 0 Å². The van der Waals surface area contributed by atoms with E-state index in [-0.39, 0.29) is 18.7 Å². The fourth-order valence-electron chi connectivity index (χ4n) is 2.33. The third-order valence-corrected chi connectivity index (χ3v) is 3.63. The third kappa shape index (κ3) is 4.83. The molecule has 2 aromatic carbocycles. The minimum atomic E-state index is -4.43. The van der Waals surface area contributed by atoms with Gasteiger partial charge < -0.3 is 10.0 Å². The Balaban J connectivity index is 2.08. The SMILES string of the molecule is O=C(c1ccc(C(F)(F)F)cc1)N(CCO)CCc1ccccc1. The summed E-state index contributed by atoms with van der Waals surface area (Å²) in [6.07, 6.45) is -3.83. The summed E-state index contributed by atoms with van der Waals surface area (Å²) in [5.41, 5.74) is 0.419. The average Bonchev–Trinajstić information content (AvgIpc) is 2.58. The Morgan fingerprint density at radius 2 is 1.58 bits per heavy atom. The number of halogens is 3. The predicted molar refractivity (Wildman–Crippen MR) is 84.6 cm³/mol. The highest BCUT2D eigenvalue weighted by atomic mass is 19.4. The molecule has 0 radical (unpaired) electrons. The topological polar surface area (TPSA) is 40.5 Å². The summed E-state index contributed by atoms with van der Waals surface area (Å²) in [6, 6.07) is 13.6. The van der Waals surface area contributed by atoms with Crippen LogP contribution in [0.5, 0.6) is 0 Å². The molecule has 0 fully saturated rings. The zero-order valence-electron chi connectivity index (χ0n) is 13.0. The number of hydrogen-bond donors (Lipinski definition) is 1. The minimum absolute atomic E-state index is 0.132. The Morgan fingerprint density at radius 1 is 0.958 bits per heavy atom. The van der Waals surface area contributed by atoms with Gasteiger partial charge in [-0.2, -0.15) is 13.2 Å². The van der Waals surface area contributed by atoms with E-state index in [1.54, 1.807) is 0 Å². The maximum Gasteiger partial charge on any atom is 0.416 e. The number of nitrogens with zero attached hydrogens (tertiary/aromatic N) is 1. The summed E-state index contributed by atoms with van der Waals surface area (Å²) >= 11 is 0. The molecule has 2 rings (SSSR count). The number of aliphatic hydroxyl groups is 1. The largest absolute Gasteiger partial charge is 0.416 e. The van der Waals surface area contributed by atoms with Gasteiger partial charge in [0.15, 0.2) is 0 Å². The molecule has 0 saturated carbocycles. The van der Waals surface area contributed by atoms with Crippen molar-refractivity contribution in [1.29, 1.82) is 0 Å². The van der Waals surface area contributed by atoms with Crippen LogP contribution in [0.4, 0.5) is 13.2 Å². The standard InChI is InChI=1S/C18H18F3NO2/c19-18(20,21)16-8-6-15(7-9-16)17(24)22(12-13-23)11-10-14-4-2-1-3-5-14/h1-9,23H,10-13H2. The lowest BCUT2D eigenvalue weighted by Crippen LogP contribution is -2.35. The van der Waals surface area contributed by atoms with Crippen LogP contribution in [0.2, 0.25) is 0 Å². The highest BCUT2D eigenvalue weighted by molar-refractivity contribution is 5.94. The Hall–Kier alpha value is -2.34. The first-order valence-electron chi connectivity index (χ1n) is 7.53. The van der Waals surface area contributed by atoms with Crippen molar-refractivity contribution < 1.29 is 23.1 Å². The first-order valence-corrected chi connectivity index (χ1v) is 7.53. The van der Waals surface area contributed by atoms with E-state index < -0.39 is 17.6 Å². The van der Waals surface area contributed by atoms with Crippen LogP contribution in [0, 0.1) is 0 Å². The summed E-state index contributed by atoms with van der Waals surface area (Å²) in [7, 11) is 0. The van der Waals surface area contributed by atoms with Crippen LogP contribution in [0.25, 0.3) is 0 Å². The summed E-state index contributed by atoms with van der Waals surface area (Å²) in [5.74, 6) is -0.395. The molecule has 0 aliphatic rings. The van der Waals surface area contributed by atoms with Gasteiger partial charge in [0, 0.05) is 18.7 Å². The molecule has 0 saturated heterocycles. The second-order valence-corrected chi connectivity index (χ2v) is 5.33. The smallest absolute Gasteiger partial charge is 0.395 e. The van der Waals surface area contributed by atoms with Crippen molar-refractivity contribution in [3.05, 3.63) is 71.3 Å². The van der Waals surface area contributed by atoms with E-state index in [4.69, 9.17) is 5.11 Å². The lowest BCUT2D eigenvalue weighted by Gasteiger charge is -2.22. The zero-order chi connectivity index (χ0) is 17.6. The van der Waals surface area contributed by atoms with Crippen molar-refractivity contribution in [2.45, 2.75) is 12.6 Å². The lowest BCUT2D eigenvalue weighted by atomic mass is 10.1. The van der Waals surface area contributed by atoms with Crippen LogP contribution in [0.1, 0.15) is 21.5 Å². The van der Waals surface area contributed by atoms with E-state index in [0.29, 0.717) is 13.0 Å². The molecule has 128 valence electrons. The molecule has 0 aliphatic heterocycles. The number of benzene rings is 2. The fraction of sp³-hybridized carbons (Fsp3) is 0.278. The molecule has 1 amide bonds. The maximum absolute atomic E-state index is 12.6. The van der Waals surface area contributed by atoms with Crippen LogP contribution in [0.15, 0.2) is 54.6 Å². The molecule has 2 aromatic rings. The van der Waals surface area contributed by atoms with E-state index >= 15 is 0 Å². The minimum Gasteiger partial charge on any atom is -0.395 e. The Labute approximate surface area is 138 Å².